The molecule has 1 aliphatic heterocycles. The molecule has 2 aromatic heterocycles. The summed E-state index contributed by atoms with van der Waals surface area (Å²) in [6.45, 7) is 2.39. The summed E-state index contributed by atoms with van der Waals surface area (Å²) >= 11 is 0. The van der Waals surface area contributed by atoms with Gasteiger partial charge in [-0.2, -0.15) is 5.10 Å². The number of hydrogen-bond acceptors (Lipinski definition) is 4. The first-order valence-electron chi connectivity index (χ1n) is 6.35. The van der Waals surface area contributed by atoms with Crippen molar-refractivity contribution in [1.29, 1.82) is 0 Å². The van der Waals surface area contributed by atoms with Gasteiger partial charge in [0.25, 0.3) is 0 Å². The van der Waals surface area contributed by atoms with E-state index in [0.29, 0.717) is 0 Å². The predicted octanol–water partition coefficient (Wildman–Crippen LogP) is 1.55. The van der Waals surface area contributed by atoms with Gasteiger partial charge in [-0.1, -0.05) is 0 Å². The van der Waals surface area contributed by atoms with E-state index in [1.807, 2.05) is 11.0 Å². The summed E-state index contributed by atoms with van der Waals surface area (Å²) in [6, 6.07) is 1.88. The molecule has 2 aromatic rings. The normalized spacial score (nSPS) is 18.8. The van der Waals surface area contributed by atoms with Crippen LogP contribution >= 0.6 is 0 Å². The Hall–Kier alpha value is -2.24. The van der Waals surface area contributed by atoms with Crippen LogP contribution in [0.5, 0.6) is 0 Å². The van der Waals surface area contributed by atoms with Crippen LogP contribution in [0.1, 0.15) is 31.5 Å². The lowest BCUT2D eigenvalue weighted by molar-refractivity contribution is -0.129. The molecule has 0 aliphatic carbocycles. The third kappa shape index (κ3) is 2.09. The molecule has 1 atom stereocenters. The molecule has 0 spiro atoms. The summed E-state index contributed by atoms with van der Waals surface area (Å²) in [5, 5.41) is 6.85. The van der Waals surface area contributed by atoms with Crippen LogP contribution in [-0.4, -0.2) is 37.5 Å². The van der Waals surface area contributed by atoms with Gasteiger partial charge in [-0.15, -0.1) is 0 Å². The average molecular weight is 257 g/mol. The van der Waals surface area contributed by atoms with Crippen molar-refractivity contribution in [2.75, 3.05) is 6.54 Å². The van der Waals surface area contributed by atoms with Gasteiger partial charge in [0, 0.05) is 32.1 Å². The number of aromatic amines is 1. The van der Waals surface area contributed by atoms with E-state index in [1.54, 1.807) is 25.5 Å². The molecule has 1 amide bonds. The van der Waals surface area contributed by atoms with Gasteiger partial charge in [0.1, 0.15) is 5.69 Å². The molecule has 1 saturated heterocycles. The number of likely N-dealkylation sites (tertiary alicyclic amines) is 1. The number of amides is 1. The summed E-state index contributed by atoms with van der Waals surface area (Å²) in [7, 11) is 0. The Kier molecular flexibility index (Phi) is 2.98. The minimum atomic E-state index is 0.0181. The number of nitrogens with one attached hydrogen (secondary N) is 1. The first-order valence-corrected chi connectivity index (χ1v) is 6.35. The van der Waals surface area contributed by atoms with Gasteiger partial charge >= 0.3 is 0 Å². The zero-order chi connectivity index (χ0) is 13.2. The molecule has 6 heteroatoms. The Morgan fingerprint density at radius 1 is 1.37 bits per heavy atom. The number of carbonyl (C=O) groups excluding carboxylic acids is 1. The van der Waals surface area contributed by atoms with Gasteiger partial charge in [0.05, 0.1) is 17.4 Å². The number of rotatable bonds is 2. The molecule has 0 aromatic carbocycles. The average Bonchev–Trinajstić information content (AvgIpc) is 3.10. The molecule has 3 heterocycles. The highest BCUT2D eigenvalue weighted by molar-refractivity contribution is 5.74. The van der Waals surface area contributed by atoms with E-state index in [-0.39, 0.29) is 11.9 Å². The zero-order valence-corrected chi connectivity index (χ0v) is 10.7. The molecule has 6 nitrogen and oxygen atoms in total. The van der Waals surface area contributed by atoms with Crippen LogP contribution in [0.2, 0.25) is 0 Å². The maximum Gasteiger partial charge on any atom is 0.220 e. The van der Waals surface area contributed by atoms with E-state index in [4.69, 9.17) is 0 Å². The van der Waals surface area contributed by atoms with E-state index < -0.39 is 0 Å². The standard InChI is InChI=1S/C13H15N5O/c1-9(19)18-8-2-3-11(18)13-12(14-6-7-15-13)10-4-5-16-17-10/h4-7,11H,2-3,8H2,1H3,(H,16,17). The van der Waals surface area contributed by atoms with Crippen molar-refractivity contribution in [3.8, 4) is 11.4 Å². The molecule has 19 heavy (non-hydrogen) atoms. The molecule has 0 bridgehead atoms. The van der Waals surface area contributed by atoms with Crippen LogP contribution in [0.4, 0.5) is 0 Å². The minimum absolute atomic E-state index is 0.0181. The second-order valence-corrected chi connectivity index (χ2v) is 4.63. The van der Waals surface area contributed by atoms with Crippen LogP contribution in [0.25, 0.3) is 11.4 Å². The van der Waals surface area contributed by atoms with Crippen molar-refractivity contribution in [3.05, 3.63) is 30.4 Å². The quantitative estimate of drug-likeness (QED) is 0.885. The molecular weight excluding hydrogens is 242 g/mol. The lowest BCUT2D eigenvalue weighted by atomic mass is 10.1. The maximum atomic E-state index is 11.7. The molecule has 98 valence electrons. The highest BCUT2D eigenvalue weighted by Gasteiger charge is 2.31. The summed E-state index contributed by atoms with van der Waals surface area (Å²) in [6.07, 6.45) is 6.95. The molecule has 0 saturated carbocycles. The summed E-state index contributed by atoms with van der Waals surface area (Å²) in [4.78, 5) is 22.4. The fraction of sp³-hybridized carbons (Fsp3) is 0.385. The van der Waals surface area contributed by atoms with Gasteiger partial charge in [-0.3, -0.25) is 19.9 Å². The third-order valence-electron chi connectivity index (χ3n) is 3.46. The van der Waals surface area contributed by atoms with Crippen molar-refractivity contribution in [3.63, 3.8) is 0 Å². The van der Waals surface area contributed by atoms with Crippen LogP contribution in [-0.2, 0) is 4.79 Å². The molecule has 1 aliphatic rings. The Balaban J connectivity index is 2.03. The van der Waals surface area contributed by atoms with Crippen LogP contribution in [0, 0.1) is 0 Å². The van der Waals surface area contributed by atoms with Gasteiger partial charge in [0.15, 0.2) is 0 Å². The maximum absolute atomic E-state index is 11.7. The molecule has 3 rings (SSSR count). The van der Waals surface area contributed by atoms with Gasteiger partial charge in [-0.25, -0.2) is 0 Å². The third-order valence-corrected chi connectivity index (χ3v) is 3.46. The summed E-state index contributed by atoms with van der Waals surface area (Å²) < 4.78 is 0. The second-order valence-electron chi connectivity index (χ2n) is 4.63. The number of aromatic nitrogens is 4. The van der Waals surface area contributed by atoms with E-state index in [1.165, 1.54) is 0 Å². The summed E-state index contributed by atoms with van der Waals surface area (Å²) in [5.74, 6) is 0.0868. The fourth-order valence-corrected chi connectivity index (χ4v) is 2.62. The lowest BCUT2D eigenvalue weighted by Gasteiger charge is -2.23. The van der Waals surface area contributed by atoms with E-state index >= 15 is 0 Å². The SMILES string of the molecule is CC(=O)N1CCCC1c1nccnc1-c1ccn[nH]1. The monoisotopic (exact) mass is 257 g/mol. The predicted molar refractivity (Wildman–Crippen MR) is 69.0 cm³/mol. The molecule has 0 radical (unpaired) electrons. The van der Waals surface area contributed by atoms with Crippen molar-refractivity contribution in [2.24, 2.45) is 0 Å². The Labute approximate surface area is 110 Å². The molecule has 1 unspecified atom stereocenters. The fourth-order valence-electron chi connectivity index (χ4n) is 2.62. The van der Waals surface area contributed by atoms with Crippen molar-refractivity contribution < 1.29 is 4.79 Å². The zero-order valence-electron chi connectivity index (χ0n) is 10.7. The second kappa shape index (κ2) is 4.79. The van der Waals surface area contributed by atoms with Crippen LogP contribution < -0.4 is 0 Å². The Bertz CT molecular complexity index is 580. The van der Waals surface area contributed by atoms with E-state index in [9.17, 15) is 4.79 Å². The highest BCUT2D eigenvalue weighted by Crippen LogP contribution is 2.34. The summed E-state index contributed by atoms with van der Waals surface area (Å²) in [5.41, 5.74) is 2.45. The van der Waals surface area contributed by atoms with E-state index in [2.05, 4.69) is 20.2 Å². The Morgan fingerprint density at radius 2 is 2.21 bits per heavy atom. The largest absolute Gasteiger partial charge is 0.334 e. The highest BCUT2D eigenvalue weighted by atomic mass is 16.2. The van der Waals surface area contributed by atoms with Gasteiger partial charge < -0.3 is 4.90 Å². The topological polar surface area (TPSA) is 74.8 Å². The van der Waals surface area contributed by atoms with Gasteiger partial charge in [-0.05, 0) is 18.9 Å². The molecule has 1 N–H and O–H groups in total. The molecular formula is C13H15N5O. The lowest BCUT2D eigenvalue weighted by Crippen LogP contribution is -2.29. The van der Waals surface area contributed by atoms with Crippen molar-refractivity contribution in [2.45, 2.75) is 25.8 Å². The van der Waals surface area contributed by atoms with Crippen LogP contribution in [0.15, 0.2) is 24.7 Å². The first-order chi connectivity index (χ1) is 9.27. The van der Waals surface area contributed by atoms with Crippen molar-refractivity contribution in [1.82, 2.24) is 25.1 Å². The smallest absolute Gasteiger partial charge is 0.220 e. The Morgan fingerprint density at radius 3 is 2.95 bits per heavy atom. The molecule has 1 fully saturated rings. The minimum Gasteiger partial charge on any atom is -0.334 e. The van der Waals surface area contributed by atoms with E-state index in [0.717, 1.165) is 36.5 Å². The van der Waals surface area contributed by atoms with Crippen LogP contribution in [0.3, 0.4) is 0 Å². The first kappa shape index (κ1) is 11.8. The number of H-pyrrole nitrogens is 1. The number of nitrogens with zero attached hydrogens (tertiary/aromatic N) is 4. The number of hydrogen-bond donors (Lipinski definition) is 1. The van der Waals surface area contributed by atoms with Gasteiger partial charge in [0.2, 0.25) is 5.91 Å². The van der Waals surface area contributed by atoms with Crippen molar-refractivity contribution >= 4 is 5.91 Å². The number of carbonyl (C=O) groups is 1.